The molecule has 1 aromatic carbocycles. The van der Waals surface area contributed by atoms with Crippen LogP contribution in [-0.2, 0) is 11.4 Å². The largest absolute Gasteiger partial charge is 0.598 e. The minimum Gasteiger partial charge on any atom is -0.598 e. The van der Waals surface area contributed by atoms with Crippen molar-refractivity contribution in [2.45, 2.75) is 38.5 Å². The normalized spacial score (nSPS) is 15.5. The Kier molecular flexibility index (Phi) is 4.89. The summed E-state index contributed by atoms with van der Waals surface area (Å²) in [5.74, 6) is -0.730. The Hall–Kier alpha value is -0.490. The third-order valence-corrected chi connectivity index (χ3v) is 4.33. The lowest BCUT2D eigenvalue weighted by Crippen LogP contribution is -2.40. The van der Waals surface area contributed by atoms with E-state index in [9.17, 15) is 14.0 Å². The van der Waals surface area contributed by atoms with E-state index in [-0.39, 0.29) is 16.3 Å². The molecule has 0 saturated carbocycles. The third kappa shape index (κ3) is 3.75. The summed E-state index contributed by atoms with van der Waals surface area (Å²) < 4.78 is 27.5. The van der Waals surface area contributed by atoms with Gasteiger partial charge in [-0.15, -0.1) is 4.72 Å². The van der Waals surface area contributed by atoms with Gasteiger partial charge in [0, 0.05) is 16.9 Å². The molecule has 0 spiro atoms. The first-order valence-electron chi connectivity index (χ1n) is 5.49. The van der Waals surface area contributed by atoms with Crippen LogP contribution in [-0.4, -0.2) is 14.4 Å². The van der Waals surface area contributed by atoms with Crippen LogP contribution in [0.25, 0.3) is 0 Å². The summed E-state index contributed by atoms with van der Waals surface area (Å²) in [5, 5.41) is 9.72. The molecule has 0 fully saturated rings. The molecule has 1 aromatic rings. The Morgan fingerprint density at radius 3 is 2.50 bits per heavy atom. The average Bonchev–Trinajstić information content (AvgIpc) is 2.21. The third-order valence-electron chi connectivity index (χ3n) is 2.36. The molecule has 1 unspecified atom stereocenters. The Balaban J connectivity index is 2.95. The Labute approximate surface area is 115 Å². The van der Waals surface area contributed by atoms with E-state index < -0.39 is 28.0 Å². The first-order chi connectivity index (χ1) is 8.12. The highest BCUT2D eigenvalue weighted by molar-refractivity contribution is 7.90. The second-order valence-corrected chi connectivity index (χ2v) is 7.45. The lowest BCUT2D eigenvalue weighted by molar-refractivity contribution is 0.456. The molecule has 0 amide bonds. The molecule has 0 aliphatic heterocycles. The highest BCUT2D eigenvalue weighted by Crippen LogP contribution is 2.33. The molecule has 0 saturated heterocycles. The van der Waals surface area contributed by atoms with Crippen LogP contribution < -0.4 is 4.72 Å². The molecule has 0 aromatic heterocycles. The van der Waals surface area contributed by atoms with Gasteiger partial charge >= 0.3 is 0 Å². The fourth-order valence-electron chi connectivity index (χ4n) is 1.32. The van der Waals surface area contributed by atoms with E-state index in [2.05, 4.69) is 4.72 Å². The maximum atomic E-state index is 13.2. The molecule has 2 N–H and O–H groups in total. The smallest absolute Gasteiger partial charge is 0.139 e. The van der Waals surface area contributed by atoms with E-state index in [1.807, 2.05) is 20.8 Å². The fraction of sp³-hybridized carbons (Fsp3) is 0.500. The number of benzene rings is 1. The number of hydrogen-bond acceptors (Lipinski definition) is 3. The summed E-state index contributed by atoms with van der Waals surface area (Å²) in [4.78, 5) is 0. The topological polar surface area (TPSA) is 55.3 Å². The van der Waals surface area contributed by atoms with Crippen LogP contribution in [0.2, 0.25) is 5.02 Å². The lowest BCUT2D eigenvalue weighted by Gasteiger charge is -2.26. The zero-order valence-corrected chi connectivity index (χ0v) is 12.3. The number of rotatable bonds is 3. The van der Waals surface area contributed by atoms with E-state index in [1.54, 1.807) is 6.92 Å². The minimum atomic E-state index is -1.32. The maximum absolute atomic E-state index is 13.2. The lowest BCUT2D eigenvalue weighted by atomic mass is 10.1. The monoisotopic (exact) mass is 293 g/mol. The number of phenolic OH excluding ortho intramolecular Hbond substituents is 1. The van der Waals surface area contributed by atoms with Gasteiger partial charge in [0.05, 0.1) is 11.1 Å². The molecule has 1 rings (SSSR count). The van der Waals surface area contributed by atoms with Gasteiger partial charge in [0.25, 0.3) is 0 Å². The van der Waals surface area contributed by atoms with Gasteiger partial charge in [-0.25, -0.2) is 4.39 Å². The number of hydrogen-bond donors (Lipinski definition) is 2. The number of halogens is 2. The Bertz CT molecular complexity index is 437. The van der Waals surface area contributed by atoms with Crippen LogP contribution >= 0.6 is 11.6 Å². The van der Waals surface area contributed by atoms with Gasteiger partial charge in [-0.1, -0.05) is 11.6 Å². The molecular formula is C12H17ClFNO2S. The standard InChI is InChI=1S/C12H17ClFNO2S/c1-7(15-18(17)12(2,3)4)9-5-8(14)6-10(13)11(9)16/h5-7,15-16H,1-4H3/t7-,18?/m1/s1. The molecule has 6 heteroatoms. The second-order valence-electron chi connectivity index (χ2n) is 5.05. The number of nitrogens with one attached hydrogen (secondary N) is 1. The van der Waals surface area contributed by atoms with E-state index in [0.29, 0.717) is 0 Å². The first-order valence-corrected chi connectivity index (χ1v) is 7.01. The summed E-state index contributed by atoms with van der Waals surface area (Å²) in [6.45, 7) is 7.15. The van der Waals surface area contributed by atoms with Crippen molar-refractivity contribution in [2.24, 2.45) is 0 Å². The van der Waals surface area contributed by atoms with Crippen molar-refractivity contribution in [2.75, 3.05) is 0 Å². The summed E-state index contributed by atoms with van der Waals surface area (Å²) in [6, 6.07) is 1.74. The van der Waals surface area contributed by atoms with Crippen molar-refractivity contribution in [3.8, 4) is 5.75 Å². The number of aromatic hydroxyl groups is 1. The van der Waals surface area contributed by atoms with Crippen LogP contribution in [0.4, 0.5) is 4.39 Å². The molecule has 0 aliphatic carbocycles. The molecule has 0 bridgehead atoms. The highest BCUT2D eigenvalue weighted by atomic mass is 35.5. The van der Waals surface area contributed by atoms with Gasteiger partial charge < -0.3 is 9.66 Å². The zero-order chi connectivity index (χ0) is 14.1. The van der Waals surface area contributed by atoms with Crippen LogP contribution in [0.3, 0.4) is 0 Å². The van der Waals surface area contributed by atoms with Gasteiger partial charge in [-0.2, -0.15) is 0 Å². The molecule has 0 aliphatic rings. The van der Waals surface area contributed by atoms with Crippen molar-refractivity contribution >= 4 is 23.0 Å². The van der Waals surface area contributed by atoms with Crippen LogP contribution in [0.15, 0.2) is 12.1 Å². The Morgan fingerprint density at radius 2 is 2.00 bits per heavy atom. The minimum absolute atomic E-state index is 0.0554. The van der Waals surface area contributed by atoms with Crippen molar-refractivity contribution in [1.29, 1.82) is 0 Å². The predicted octanol–water partition coefficient (Wildman–Crippen LogP) is 3.30. The summed E-state index contributed by atoms with van der Waals surface area (Å²) >= 11 is 4.38. The molecule has 3 nitrogen and oxygen atoms in total. The molecular weight excluding hydrogens is 277 g/mol. The van der Waals surface area contributed by atoms with Crippen molar-refractivity contribution in [3.05, 3.63) is 28.5 Å². The predicted molar refractivity (Wildman–Crippen MR) is 72.5 cm³/mol. The van der Waals surface area contributed by atoms with E-state index in [4.69, 9.17) is 11.6 Å². The average molecular weight is 294 g/mol. The van der Waals surface area contributed by atoms with Crippen LogP contribution in [0, 0.1) is 5.82 Å². The summed E-state index contributed by atoms with van der Waals surface area (Å²) in [5.41, 5.74) is 0.289. The van der Waals surface area contributed by atoms with Crippen LogP contribution in [0.1, 0.15) is 39.3 Å². The van der Waals surface area contributed by atoms with Crippen molar-refractivity contribution < 1.29 is 14.0 Å². The first kappa shape index (κ1) is 15.6. The molecule has 18 heavy (non-hydrogen) atoms. The fourth-order valence-corrected chi connectivity index (χ4v) is 2.33. The van der Waals surface area contributed by atoms with E-state index >= 15 is 0 Å². The van der Waals surface area contributed by atoms with Gasteiger partial charge in [0.2, 0.25) is 0 Å². The number of phenols is 1. The second kappa shape index (κ2) is 5.65. The van der Waals surface area contributed by atoms with E-state index in [1.165, 1.54) is 6.07 Å². The van der Waals surface area contributed by atoms with Gasteiger partial charge in [0.1, 0.15) is 16.3 Å². The summed E-state index contributed by atoms with van der Waals surface area (Å²) in [7, 11) is 0. The Morgan fingerprint density at radius 1 is 1.44 bits per heavy atom. The van der Waals surface area contributed by atoms with Crippen molar-refractivity contribution in [1.82, 2.24) is 4.72 Å². The zero-order valence-electron chi connectivity index (χ0n) is 10.8. The van der Waals surface area contributed by atoms with Gasteiger partial charge in [-0.05, 0) is 39.8 Å². The van der Waals surface area contributed by atoms with Crippen molar-refractivity contribution in [3.63, 3.8) is 0 Å². The summed E-state index contributed by atoms with van der Waals surface area (Å²) in [6.07, 6.45) is 0. The SMILES string of the molecule is C[C@@H](N[S+]([O-])C(C)(C)C)c1cc(F)cc(Cl)c1O. The quantitative estimate of drug-likeness (QED) is 0.841. The molecule has 0 radical (unpaired) electrons. The van der Waals surface area contributed by atoms with E-state index in [0.717, 1.165) is 6.07 Å². The van der Waals surface area contributed by atoms with Crippen LogP contribution in [0.5, 0.6) is 5.75 Å². The highest BCUT2D eigenvalue weighted by Gasteiger charge is 2.29. The molecule has 102 valence electrons. The van der Waals surface area contributed by atoms with Gasteiger partial charge in [-0.3, -0.25) is 0 Å². The maximum Gasteiger partial charge on any atom is 0.139 e. The molecule has 2 atom stereocenters. The van der Waals surface area contributed by atoms with Gasteiger partial charge in [0.15, 0.2) is 0 Å². The molecule has 0 heterocycles.